The monoisotopic (exact) mass is 355 g/mol. The quantitative estimate of drug-likeness (QED) is 0.721. The molecule has 3 N–H and O–H groups in total. The van der Waals surface area contributed by atoms with E-state index in [1.807, 2.05) is 6.07 Å². The van der Waals surface area contributed by atoms with Crippen LogP contribution in [0.5, 0.6) is 0 Å². The molecule has 0 bridgehead atoms. The Balaban J connectivity index is 2.74. The number of nitrogens with zero attached hydrogens (tertiary/aromatic N) is 1. The van der Waals surface area contributed by atoms with Crippen molar-refractivity contribution in [3.63, 3.8) is 0 Å². The van der Waals surface area contributed by atoms with Crippen molar-refractivity contribution in [2.24, 2.45) is 0 Å². The minimum atomic E-state index is -1.16. The Kier molecular flexibility index (Phi) is 6.65. The van der Waals surface area contributed by atoms with Crippen LogP contribution < -0.4 is 10.6 Å². The van der Waals surface area contributed by atoms with Crippen LogP contribution in [-0.4, -0.2) is 36.9 Å². The topological polar surface area (TPSA) is 111 Å². The summed E-state index contributed by atoms with van der Waals surface area (Å²) in [6.07, 6.45) is 0.142. The van der Waals surface area contributed by atoms with Crippen LogP contribution in [0.15, 0.2) is 22.7 Å². The number of aliphatic carboxylic acids is 1. The van der Waals surface area contributed by atoms with E-state index in [0.29, 0.717) is 10.2 Å². The highest BCUT2D eigenvalue weighted by Crippen LogP contribution is 2.20. The number of anilines is 1. The van der Waals surface area contributed by atoms with Crippen LogP contribution in [0.1, 0.15) is 12.0 Å². The Morgan fingerprint density at radius 2 is 2.24 bits per heavy atom. The van der Waals surface area contributed by atoms with Gasteiger partial charge in [-0.15, -0.1) is 0 Å². The third-order valence-electron chi connectivity index (χ3n) is 2.56. The van der Waals surface area contributed by atoms with Crippen molar-refractivity contribution < 1.29 is 19.4 Å². The highest BCUT2D eigenvalue weighted by Gasteiger charge is 2.20. The number of urea groups is 1. The van der Waals surface area contributed by atoms with Gasteiger partial charge in [-0.2, -0.15) is 5.26 Å². The average Bonchev–Trinajstić information content (AvgIpc) is 2.43. The molecule has 2 amide bonds. The number of ether oxygens (including phenoxy) is 1. The zero-order valence-electron chi connectivity index (χ0n) is 11.2. The number of carbonyl (C=O) groups is 2. The number of rotatable bonds is 6. The summed E-state index contributed by atoms with van der Waals surface area (Å²) in [5.74, 6) is -1.16. The van der Waals surface area contributed by atoms with Crippen molar-refractivity contribution in [3.8, 4) is 6.07 Å². The molecule has 1 atom stereocenters. The second kappa shape index (κ2) is 8.24. The van der Waals surface area contributed by atoms with E-state index >= 15 is 0 Å². The summed E-state index contributed by atoms with van der Waals surface area (Å²) in [5, 5.41) is 22.7. The van der Waals surface area contributed by atoms with E-state index in [9.17, 15) is 9.59 Å². The molecule has 0 spiro atoms. The predicted octanol–water partition coefficient (Wildman–Crippen LogP) is 1.93. The number of nitriles is 1. The summed E-state index contributed by atoms with van der Waals surface area (Å²) >= 11 is 3.23. The molecule has 0 aliphatic rings. The van der Waals surface area contributed by atoms with Gasteiger partial charge in [-0.05, 0) is 18.2 Å². The number of halogens is 1. The van der Waals surface area contributed by atoms with Crippen LogP contribution in [0.2, 0.25) is 0 Å². The van der Waals surface area contributed by atoms with Gasteiger partial charge < -0.3 is 20.5 Å². The number of amides is 2. The molecule has 0 heterocycles. The number of carboxylic acids is 1. The lowest BCUT2D eigenvalue weighted by Gasteiger charge is -2.15. The second-order valence-corrected chi connectivity index (χ2v) is 4.99. The number of nitrogens with one attached hydrogen (secondary N) is 2. The Morgan fingerprint density at radius 3 is 2.81 bits per heavy atom. The summed E-state index contributed by atoms with van der Waals surface area (Å²) < 4.78 is 5.48. The lowest BCUT2D eigenvalue weighted by atomic mass is 10.2. The number of benzene rings is 1. The molecule has 7 nitrogen and oxygen atoms in total. The van der Waals surface area contributed by atoms with Gasteiger partial charge in [0.1, 0.15) is 12.1 Å². The molecule has 0 fully saturated rings. The van der Waals surface area contributed by atoms with Crippen LogP contribution in [0.25, 0.3) is 0 Å². The molecule has 0 aromatic heterocycles. The smallest absolute Gasteiger partial charge is 0.326 e. The molecule has 0 radical (unpaired) electrons. The fourth-order valence-electron chi connectivity index (χ4n) is 1.53. The fraction of sp³-hybridized carbons (Fsp3) is 0.308. The molecule has 1 rings (SSSR count). The summed E-state index contributed by atoms with van der Waals surface area (Å²) in [5.41, 5.74) is 0.567. The molecule has 0 saturated heterocycles. The lowest BCUT2D eigenvalue weighted by Crippen LogP contribution is -2.43. The molecular weight excluding hydrogens is 342 g/mol. The second-order valence-electron chi connectivity index (χ2n) is 4.07. The zero-order valence-corrected chi connectivity index (χ0v) is 12.8. The summed E-state index contributed by atoms with van der Waals surface area (Å²) in [6, 6.07) is 4.94. The first-order valence-corrected chi connectivity index (χ1v) is 6.76. The van der Waals surface area contributed by atoms with Crippen molar-refractivity contribution in [1.29, 1.82) is 5.26 Å². The number of carboxylic acid groups (broad SMARTS) is 1. The first kappa shape index (κ1) is 16.9. The molecule has 1 aromatic carbocycles. The van der Waals surface area contributed by atoms with Crippen LogP contribution >= 0.6 is 15.9 Å². The van der Waals surface area contributed by atoms with Gasteiger partial charge in [-0.3, -0.25) is 0 Å². The van der Waals surface area contributed by atoms with Crippen molar-refractivity contribution in [2.75, 3.05) is 19.0 Å². The molecule has 21 heavy (non-hydrogen) atoms. The van der Waals surface area contributed by atoms with Gasteiger partial charge in [0.2, 0.25) is 0 Å². The minimum Gasteiger partial charge on any atom is -0.480 e. The Morgan fingerprint density at radius 1 is 1.52 bits per heavy atom. The third kappa shape index (κ3) is 5.41. The molecule has 1 aromatic rings. The summed E-state index contributed by atoms with van der Waals surface area (Å²) in [6.45, 7) is 0.206. The summed E-state index contributed by atoms with van der Waals surface area (Å²) in [4.78, 5) is 22.8. The van der Waals surface area contributed by atoms with E-state index < -0.39 is 18.0 Å². The zero-order chi connectivity index (χ0) is 15.8. The standard InChI is InChI=1S/C13H14BrN3O4/c1-21-5-4-10(12(18)19)16-13(20)17-11-6-9(14)3-2-8(11)7-15/h2-3,6,10H,4-5H2,1H3,(H,18,19)(H2,16,17,20). The van der Waals surface area contributed by atoms with Crippen LogP contribution in [-0.2, 0) is 9.53 Å². The normalized spacial score (nSPS) is 11.3. The van der Waals surface area contributed by atoms with Crippen molar-refractivity contribution in [3.05, 3.63) is 28.2 Å². The van der Waals surface area contributed by atoms with Gasteiger partial charge in [0, 0.05) is 24.6 Å². The maximum absolute atomic E-state index is 11.8. The first-order chi connectivity index (χ1) is 9.97. The van der Waals surface area contributed by atoms with Crippen molar-refractivity contribution in [2.45, 2.75) is 12.5 Å². The fourth-order valence-corrected chi connectivity index (χ4v) is 1.89. The van der Waals surface area contributed by atoms with E-state index in [-0.39, 0.29) is 18.6 Å². The Hall–Kier alpha value is -2.11. The van der Waals surface area contributed by atoms with Crippen LogP contribution in [0, 0.1) is 11.3 Å². The van der Waals surface area contributed by atoms with Crippen molar-refractivity contribution >= 4 is 33.6 Å². The van der Waals surface area contributed by atoms with E-state index in [0.717, 1.165) is 0 Å². The van der Waals surface area contributed by atoms with Crippen molar-refractivity contribution in [1.82, 2.24) is 5.32 Å². The maximum atomic E-state index is 11.8. The van der Waals surface area contributed by atoms with Gasteiger partial charge in [0.05, 0.1) is 11.3 Å². The van der Waals surface area contributed by atoms with Crippen LogP contribution in [0.4, 0.5) is 10.5 Å². The number of methoxy groups -OCH3 is 1. The lowest BCUT2D eigenvalue weighted by molar-refractivity contribution is -0.139. The van der Waals surface area contributed by atoms with E-state index in [1.165, 1.54) is 7.11 Å². The van der Waals surface area contributed by atoms with Gasteiger partial charge in [-0.25, -0.2) is 9.59 Å². The van der Waals surface area contributed by atoms with Gasteiger partial charge in [-0.1, -0.05) is 15.9 Å². The van der Waals surface area contributed by atoms with E-state index in [1.54, 1.807) is 18.2 Å². The molecule has 0 saturated carbocycles. The molecular formula is C13H14BrN3O4. The highest BCUT2D eigenvalue weighted by atomic mass is 79.9. The number of carbonyl (C=O) groups excluding carboxylic acids is 1. The van der Waals surface area contributed by atoms with Gasteiger partial charge >= 0.3 is 12.0 Å². The Labute approximate surface area is 130 Å². The minimum absolute atomic E-state index is 0.142. The molecule has 0 aliphatic carbocycles. The number of hydrogen-bond donors (Lipinski definition) is 3. The molecule has 8 heteroatoms. The molecule has 112 valence electrons. The van der Waals surface area contributed by atoms with Crippen LogP contribution in [0.3, 0.4) is 0 Å². The molecule has 0 aliphatic heterocycles. The predicted molar refractivity (Wildman–Crippen MR) is 78.9 cm³/mol. The maximum Gasteiger partial charge on any atom is 0.326 e. The number of hydrogen-bond acceptors (Lipinski definition) is 4. The largest absolute Gasteiger partial charge is 0.480 e. The average molecular weight is 356 g/mol. The van der Waals surface area contributed by atoms with Gasteiger partial charge in [0.25, 0.3) is 0 Å². The first-order valence-electron chi connectivity index (χ1n) is 5.96. The SMILES string of the molecule is COCCC(NC(=O)Nc1cc(Br)ccc1C#N)C(=O)O. The highest BCUT2D eigenvalue weighted by molar-refractivity contribution is 9.10. The third-order valence-corrected chi connectivity index (χ3v) is 3.06. The Bertz CT molecular complexity index is 571. The van der Waals surface area contributed by atoms with Gasteiger partial charge in [0.15, 0.2) is 0 Å². The summed E-state index contributed by atoms with van der Waals surface area (Å²) in [7, 11) is 1.44. The molecule has 1 unspecified atom stereocenters. The van der Waals surface area contributed by atoms with E-state index in [4.69, 9.17) is 15.1 Å². The van der Waals surface area contributed by atoms with E-state index in [2.05, 4.69) is 26.6 Å².